The van der Waals surface area contributed by atoms with Crippen LogP contribution >= 0.6 is 0 Å². The minimum Gasteiger partial charge on any atom is -0.396 e. The summed E-state index contributed by atoms with van der Waals surface area (Å²) >= 11 is 0. The normalized spacial score (nSPS) is 15.4. The van der Waals surface area contributed by atoms with Crippen LogP contribution in [-0.4, -0.2) is 26.2 Å². The Labute approximate surface area is 117 Å². The fourth-order valence-electron chi connectivity index (χ4n) is 2.48. The topological polar surface area (TPSA) is 46.6 Å². The summed E-state index contributed by atoms with van der Waals surface area (Å²) in [5, 5.41) is 0. The monoisotopic (exact) mass is 273 g/mol. The summed E-state index contributed by atoms with van der Waals surface area (Å²) in [6.45, 7) is 3.70. The van der Waals surface area contributed by atoms with E-state index in [1.807, 2.05) is 30.5 Å². The van der Waals surface area contributed by atoms with E-state index in [-0.39, 0.29) is 5.82 Å². The second-order valence-corrected chi connectivity index (χ2v) is 4.96. The average molecular weight is 273 g/mol. The zero-order valence-corrected chi connectivity index (χ0v) is 11.2. The summed E-state index contributed by atoms with van der Waals surface area (Å²) in [4.78, 5) is 7.76. The van der Waals surface area contributed by atoms with Gasteiger partial charge in [0, 0.05) is 11.8 Å². The molecule has 1 saturated heterocycles. The first-order chi connectivity index (χ1) is 9.72. The molecule has 3 rings (SSSR count). The number of pyridine rings is 1. The Morgan fingerprint density at radius 2 is 1.55 bits per heavy atom. The Morgan fingerprint density at radius 3 is 2.15 bits per heavy atom. The molecule has 3 N–H and O–H groups in total. The van der Waals surface area contributed by atoms with E-state index >= 15 is 0 Å². The lowest BCUT2D eigenvalue weighted by atomic mass is 10.2. The van der Waals surface area contributed by atoms with Gasteiger partial charge in [-0.15, -0.1) is 0 Å². The number of anilines is 3. The zero-order valence-electron chi connectivity index (χ0n) is 11.2. The maximum absolute atomic E-state index is 12.9. The van der Waals surface area contributed by atoms with Crippen LogP contribution in [0.5, 0.6) is 0 Å². The van der Waals surface area contributed by atoms with Crippen LogP contribution < -0.4 is 20.5 Å². The number of aromatic nitrogens is 1. The second kappa shape index (κ2) is 5.36. The number of halogens is 1. The molecule has 0 atom stereocenters. The van der Waals surface area contributed by atoms with Crippen molar-refractivity contribution in [3.05, 3.63) is 48.4 Å². The molecule has 0 radical (unpaired) electrons. The van der Waals surface area contributed by atoms with Gasteiger partial charge in [-0.1, -0.05) is 0 Å². The molecule has 0 unspecified atom stereocenters. The van der Waals surface area contributed by atoms with Gasteiger partial charge in [0.05, 0.1) is 18.8 Å². The van der Waals surface area contributed by atoms with Gasteiger partial charge in [0.25, 0.3) is 5.82 Å². The van der Waals surface area contributed by atoms with E-state index in [4.69, 9.17) is 5.73 Å². The van der Waals surface area contributed by atoms with Gasteiger partial charge in [-0.2, -0.15) is 0 Å². The number of nitrogen functional groups attached to an aromatic ring is 1. The molecule has 20 heavy (non-hydrogen) atoms. The van der Waals surface area contributed by atoms with Crippen LogP contribution in [0.4, 0.5) is 21.6 Å². The Bertz CT molecular complexity index is 506. The van der Waals surface area contributed by atoms with Gasteiger partial charge in [0.15, 0.2) is 0 Å². The average Bonchev–Trinajstić information content (AvgIpc) is 2.49. The van der Waals surface area contributed by atoms with Gasteiger partial charge < -0.3 is 10.6 Å². The maximum atomic E-state index is 12.9. The molecular formula is C15H18FN4+. The number of nitrogens with two attached hydrogens (primary N) is 1. The lowest BCUT2D eigenvalue weighted by molar-refractivity contribution is -0.363. The Balaban J connectivity index is 1.64. The van der Waals surface area contributed by atoms with Crippen molar-refractivity contribution in [2.24, 2.45) is 0 Å². The van der Waals surface area contributed by atoms with Crippen LogP contribution in [-0.2, 0) is 0 Å². The molecule has 0 bridgehead atoms. The minimum atomic E-state index is -0.191. The number of nitrogens with one attached hydrogen (secondary N) is 1. The van der Waals surface area contributed by atoms with Crippen LogP contribution in [0.1, 0.15) is 0 Å². The molecule has 2 aromatic rings. The molecule has 1 fully saturated rings. The summed E-state index contributed by atoms with van der Waals surface area (Å²) in [6, 6.07) is 10.6. The zero-order chi connectivity index (χ0) is 13.9. The lowest BCUT2D eigenvalue weighted by Crippen LogP contribution is -2.48. The molecule has 1 aliphatic heterocycles. The summed E-state index contributed by atoms with van der Waals surface area (Å²) in [7, 11) is 0. The number of aromatic amines is 1. The van der Waals surface area contributed by atoms with Crippen molar-refractivity contribution in [3.8, 4) is 0 Å². The van der Waals surface area contributed by atoms with Gasteiger partial charge in [-0.3, -0.25) is 4.90 Å². The van der Waals surface area contributed by atoms with Crippen molar-refractivity contribution >= 4 is 17.2 Å². The van der Waals surface area contributed by atoms with E-state index in [0.717, 1.165) is 43.4 Å². The first kappa shape index (κ1) is 12.7. The molecule has 2 heterocycles. The number of H-pyrrole nitrogens is 1. The predicted octanol–water partition coefficient (Wildman–Crippen LogP) is 1.55. The van der Waals surface area contributed by atoms with Crippen LogP contribution in [0.15, 0.2) is 42.6 Å². The number of rotatable bonds is 2. The lowest BCUT2D eigenvalue weighted by Gasteiger charge is -2.32. The minimum absolute atomic E-state index is 0.191. The van der Waals surface area contributed by atoms with E-state index in [2.05, 4.69) is 14.8 Å². The Morgan fingerprint density at radius 1 is 0.900 bits per heavy atom. The number of benzene rings is 1. The van der Waals surface area contributed by atoms with E-state index in [1.165, 1.54) is 12.1 Å². The van der Waals surface area contributed by atoms with Gasteiger partial charge in [-0.05, 0) is 30.3 Å². The Kier molecular flexibility index (Phi) is 3.41. The highest BCUT2D eigenvalue weighted by Gasteiger charge is 2.23. The summed E-state index contributed by atoms with van der Waals surface area (Å²) in [5.74, 6) is 0.891. The van der Waals surface area contributed by atoms with Crippen LogP contribution in [0, 0.1) is 5.82 Å². The third-order valence-electron chi connectivity index (χ3n) is 3.63. The molecule has 4 nitrogen and oxygen atoms in total. The quantitative estimate of drug-likeness (QED) is 0.903. The molecule has 104 valence electrons. The number of hydrogen-bond acceptors (Lipinski definition) is 3. The van der Waals surface area contributed by atoms with Crippen molar-refractivity contribution in [2.75, 3.05) is 41.7 Å². The standard InChI is InChI=1S/C15H17FN4/c16-12-1-4-14(5-2-12)19-7-9-20(10-8-19)15-6-3-13(17)11-18-15/h1-6,11H,7-10,17H2/p+1. The summed E-state index contributed by atoms with van der Waals surface area (Å²) in [5.41, 5.74) is 7.49. The molecule has 0 aliphatic carbocycles. The van der Waals surface area contributed by atoms with E-state index in [9.17, 15) is 4.39 Å². The van der Waals surface area contributed by atoms with E-state index in [0.29, 0.717) is 0 Å². The highest BCUT2D eigenvalue weighted by atomic mass is 19.1. The van der Waals surface area contributed by atoms with Crippen molar-refractivity contribution < 1.29 is 9.37 Å². The smallest absolute Gasteiger partial charge is 0.274 e. The van der Waals surface area contributed by atoms with Crippen molar-refractivity contribution in [2.45, 2.75) is 0 Å². The maximum Gasteiger partial charge on any atom is 0.274 e. The molecule has 5 heteroatoms. The van der Waals surface area contributed by atoms with Gasteiger partial charge in [0.1, 0.15) is 25.1 Å². The first-order valence-electron chi connectivity index (χ1n) is 6.75. The SMILES string of the molecule is Nc1ccc(N2CCN(c3ccc(F)cc3)CC2)[nH+]c1. The number of hydrogen-bond donors (Lipinski definition) is 1. The van der Waals surface area contributed by atoms with Crippen LogP contribution in [0.2, 0.25) is 0 Å². The largest absolute Gasteiger partial charge is 0.396 e. The summed E-state index contributed by atoms with van der Waals surface area (Å²) < 4.78 is 12.9. The van der Waals surface area contributed by atoms with E-state index < -0.39 is 0 Å². The predicted molar refractivity (Wildman–Crippen MR) is 78.2 cm³/mol. The molecule has 0 amide bonds. The molecular weight excluding hydrogens is 255 g/mol. The van der Waals surface area contributed by atoms with Crippen molar-refractivity contribution in [3.63, 3.8) is 0 Å². The molecule has 1 aromatic heterocycles. The first-order valence-corrected chi connectivity index (χ1v) is 6.75. The highest BCUT2D eigenvalue weighted by Crippen LogP contribution is 2.18. The third kappa shape index (κ3) is 2.66. The molecule has 0 spiro atoms. The van der Waals surface area contributed by atoms with Crippen molar-refractivity contribution in [1.82, 2.24) is 0 Å². The fraction of sp³-hybridized carbons (Fsp3) is 0.267. The van der Waals surface area contributed by atoms with Crippen LogP contribution in [0.3, 0.4) is 0 Å². The van der Waals surface area contributed by atoms with Gasteiger partial charge >= 0.3 is 0 Å². The fourth-order valence-corrected chi connectivity index (χ4v) is 2.48. The van der Waals surface area contributed by atoms with Gasteiger partial charge in [-0.25, -0.2) is 9.37 Å². The third-order valence-corrected chi connectivity index (χ3v) is 3.63. The molecule has 1 aliphatic rings. The number of piperazine rings is 1. The Hall–Kier alpha value is -2.30. The van der Waals surface area contributed by atoms with E-state index in [1.54, 1.807) is 0 Å². The van der Waals surface area contributed by atoms with Gasteiger partial charge in [0.2, 0.25) is 0 Å². The highest BCUT2D eigenvalue weighted by molar-refractivity contribution is 5.49. The second-order valence-electron chi connectivity index (χ2n) is 4.96. The summed E-state index contributed by atoms with van der Waals surface area (Å²) in [6.07, 6.45) is 1.81. The molecule has 1 aromatic carbocycles. The number of nitrogens with zero attached hydrogens (tertiary/aromatic N) is 2. The van der Waals surface area contributed by atoms with Crippen molar-refractivity contribution in [1.29, 1.82) is 0 Å². The molecule has 0 saturated carbocycles. The van der Waals surface area contributed by atoms with Crippen LogP contribution in [0.25, 0.3) is 0 Å².